The van der Waals surface area contributed by atoms with Crippen molar-refractivity contribution in [1.82, 2.24) is 4.90 Å². The Labute approximate surface area is 184 Å². The van der Waals surface area contributed by atoms with Gasteiger partial charge < -0.3 is 28.6 Å². The third-order valence-electron chi connectivity index (χ3n) is 5.76. The molecule has 2 aromatic carbocycles. The van der Waals surface area contributed by atoms with E-state index in [1.165, 1.54) is 26.2 Å². The highest BCUT2D eigenvalue weighted by molar-refractivity contribution is 5.99. The lowest BCUT2D eigenvalue weighted by molar-refractivity contribution is 0.0691. The Morgan fingerprint density at radius 2 is 1.66 bits per heavy atom. The molecule has 4 rings (SSSR count). The number of benzene rings is 2. The van der Waals surface area contributed by atoms with Crippen molar-refractivity contribution in [2.24, 2.45) is 0 Å². The number of fused-ring (bicyclic) bond motifs is 2. The van der Waals surface area contributed by atoms with Crippen LogP contribution in [0.3, 0.4) is 0 Å². The molecule has 8 nitrogen and oxygen atoms in total. The quantitative estimate of drug-likeness (QED) is 0.630. The van der Waals surface area contributed by atoms with Crippen LogP contribution in [0.5, 0.6) is 17.2 Å². The molecule has 1 aliphatic rings. The van der Waals surface area contributed by atoms with Crippen LogP contribution >= 0.6 is 0 Å². The molecule has 0 bridgehead atoms. The Bertz CT molecular complexity index is 1250. The molecule has 0 spiro atoms. The number of nitrogens with zero attached hydrogens (tertiary/aromatic N) is 1. The van der Waals surface area contributed by atoms with Gasteiger partial charge in [0.2, 0.25) is 11.5 Å². The maximum Gasteiger partial charge on any atom is 0.290 e. The van der Waals surface area contributed by atoms with Gasteiger partial charge in [-0.05, 0) is 48.7 Å². The number of carbonyl (C=O) groups is 1. The summed E-state index contributed by atoms with van der Waals surface area (Å²) in [7, 11) is 4.49. The number of rotatable bonds is 6. The van der Waals surface area contributed by atoms with E-state index in [1.807, 2.05) is 19.9 Å². The van der Waals surface area contributed by atoms with Gasteiger partial charge >= 0.3 is 0 Å². The van der Waals surface area contributed by atoms with Crippen LogP contribution in [0.4, 0.5) is 0 Å². The Hall–Kier alpha value is -3.52. The van der Waals surface area contributed by atoms with Crippen LogP contribution in [0.1, 0.15) is 38.9 Å². The van der Waals surface area contributed by atoms with E-state index < -0.39 is 11.9 Å². The second kappa shape index (κ2) is 8.20. The molecule has 32 heavy (non-hydrogen) atoms. The van der Waals surface area contributed by atoms with Gasteiger partial charge in [-0.25, -0.2) is 0 Å². The number of aryl methyl sites for hydroxylation is 2. The van der Waals surface area contributed by atoms with Gasteiger partial charge in [-0.1, -0.05) is 6.07 Å². The molecule has 1 amide bonds. The van der Waals surface area contributed by atoms with E-state index in [1.54, 1.807) is 18.2 Å². The van der Waals surface area contributed by atoms with Gasteiger partial charge in [-0.3, -0.25) is 9.59 Å². The summed E-state index contributed by atoms with van der Waals surface area (Å²) in [5, 5.41) is 10.1. The molecule has 0 saturated heterocycles. The normalized spacial score (nSPS) is 15.2. The van der Waals surface area contributed by atoms with Crippen molar-refractivity contribution in [3.8, 4) is 17.2 Å². The van der Waals surface area contributed by atoms with E-state index in [0.717, 1.165) is 11.1 Å². The summed E-state index contributed by atoms with van der Waals surface area (Å²) in [6.45, 7) is 3.50. The maximum absolute atomic E-state index is 13.7. The lowest BCUT2D eigenvalue weighted by Gasteiger charge is -2.25. The van der Waals surface area contributed by atoms with E-state index in [-0.39, 0.29) is 29.9 Å². The summed E-state index contributed by atoms with van der Waals surface area (Å²) >= 11 is 0. The molecule has 0 radical (unpaired) electrons. The van der Waals surface area contributed by atoms with E-state index in [9.17, 15) is 14.7 Å². The predicted molar refractivity (Wildman–Crippen MR) is 118 cm³/mol. The third kappa shape index (κ3) is 3.18. The largest absolute Gasteiger partial charge is 0.493 e. The lowest BCUT2D eigenvalue weighted by Crippen LogP contribution is -2.32. The first-order chi connectivity index (χ1) is 15.4. The second-order valence-corrected chi connectivity index (χ2v) is 7.71. The summed E-state index contributed by atoms with van der Waals surface area (Å²) in [5.41, 5.74) is 2.61. The molecule has 0 fully saturated rings. The number of aliphatic hydroxyl groups is 1. The molecule has 0 aliphatic carbocycles. The summed E-state index contributed by atoms with van der Waals surface area (Å²) in [4.78, 5) is 28.4. The number of aliphatic hydroxyl groups excluding tert-OH is 1. The van der Waals surface area contributed by atoms with Gasteiger partial charge in [-0.2, -0.15) is 0 Å². The number of ether oxygens (including phenoxy) is 3. The third-order valence-corrected chi connectivity index (χ3v) is 5.76. The average Bonchev–Trinajstić information content (AvgIpc) is 3.04. The van der Waals surface area contributed by atoms with E-state index >= 15 is 0 Å². The maximum atomic E-state index is 13.7. The number of hydrogen-bond acceptors (Lipinski definition) is 7. The highest BCUT2D eigenvalue weighted by Gasteiger charge is 2.43. The predicted octanol–water partition coefficient (Wildman–Crippen LogP) is 2.97. The van der Waals surface area contributed by atoms with Gasteiger partial charge in [0.1, 0.15) is 5.58 Å². The van der Waals surface area contributed by atoms with Crippen LogP contribution in [0.15, 0.2) is 33.5 Å². The van der Waals surface area contributed by atoms with E-state index in [0.29, 0.717) is 33.8 Å². The Morgan fingerprint density at radius 1 is 1.00 bits per heavy atom. The monoisotopic (exact) mass is 439 g/mol. The van der Waals surface area contributed by atoms with Gasteiger partial charge in [0.05, 0.1) is 44.9 Å². The first kappa shape index (κ1) is 21.7. The van der Waals surface area contributed by atoms with Crippen molar-refractivity contribution >= 4 is 16.9 Å². The number of β-amino-alcohol motifs (C(OH)–C–C–N with tert-alkyl or cyclic N) is 1. The minimum Gasteiger partial charge on any atom is -0.493 e. The van der Waals surface area contributed by atoms with Gasteiger partial charge in [-0.15, -0.1) is 0 Å². The zero-order valence-electron chi connectivity index (χ0n) is 18.6. The molecular weight excluding hydrogens is 414 g/mol. The van der Waals surface area contributed by atoms with Crippen LogP contribution < -0.4 is 19.6 Å². The van der Waals surface area contributed by atoms with Crippen molar-refractivity contribution in [3.63, 3.8) is 0 Å². The Morgan fingerprint density at radius 3 is 2.22 bits per heavy atom. The van der Waals surface area contributed by atoms with Crippen molar-refractivity contribution in [2.45, 2.75) is 19.9 Å². The second-order valence-electron chi connectivity index (χ2n) is 7.71. The highest BCUT2D eigenvalue weighted by atomic mass is 16.5. The summed E-state index contributed by atoms with van der Waals surface area (Å²) in [6.07, 6.45) is 0. The molecule has 1 aliphatic heterocycles. The van der Waals surface area contributed by atoms with E-state index in [2.05, 4.69) is 0 Å². The van der Waals surface area contributed by atoms with Crippen LogP contribution in [-0.2, 0) is 0 Å². The summed E-state index contributed by atoms with van der Waals surface area (Å²) in [6, 6.07) is 6.28. The first-order valence-electron chi connectivity index (χ1n) is 10.2. The van der Waals surface area contributed by atoms with Crippen LogP contribution in [0.2, 0.25) is 0 Å². The number of hydrogen-bond donors (Lipinski definition) is 1. The van der Waals surface area contributed by atoms with Gasteiger partial charge in [0, 0.05) is 6.54 Å². The standard InChI is InChI=1S/C24H25NO7/c1-12-8-13(2)18-15(9-12)32-23-19(21(18)27)20(25(6-7-26)24(23)28)14-10-16(29-3)22(31-5)17(11-14)30-4/h8-11,20,26H,6-7H2,1-5H3. The zero-order valence-corrected chi connectivity index (χ0v) is 18.6. The number of amides is 1. The summed E-state index contributed by atoms with van der Waals surface area (Å²) in [5.74, 6) is 0.715. The fraction of sp³-hybridized carbons (Fsp3) is 0.333. The number of carbonyl (C=O) groups excluding carboxylic acids is 1. The average molecular weight is 439 g/mol. The molecule has 8 heteroatoms. The molecule has 1 N–H and O–H groups in total. The van der Waals surface area contributed by atoms with E-state index in [4.69, 9.17) is 18.6 Å². The molecular formula is C24H25NO7. The smallest absolute Gasteiger partial charge is 0.290 e. The molecule has 2 heterocycles. The highest BCUT2D eigenvalue weighted by Crippen LogP contribution is 2.45. The van der Waals surface area contributed by atoms with Gasteiger partial charge in [0.25, 0.3) is 5.91 Å². The van der Waals surface area contributed by atoms with Crippen molar-refractivity contribution < 1.29 is 28.5 Å². The molecule has 1 atom stereocenters. The van der Waals surface area contributed by atoms with Crippen molar-refractivity contribution in [1.29, 1.82) is 0 Å². The first-order valence-corrected chi connectivity index (χ1v) is 10.2. The molecule has 0 saturated carbocycles. The number of methoxy groups -OCH3 is 3. The van der Waals surface area contributed by atoms with Crippen molar-refractivity contribution in [3.05, 3.63) is 62.5 Å². The molecule has 1 unspecified atom stereocenters. The fourth-order valence-electron chi connectivity index (χ4n) is 4.46. The fourth-order valence-corrected chi connectivity index (χ4v) is 4.46. The van der Waals surface area contributed by atoms with Gasteiger partial charge in [0.15, 0.2) is 16.9 Å². The van der Waals surface area contributed by atoms with Crippen molar-refractivity contribution in [2.75, 3.05) is 34.5 Å². The SMILES string of the molecule is COc1cc(C2c3c(oc4cc(C)cc(C)c4c3=O)C(=O)N2CCO)cc(OC)c1OC. The molecule has 3 aromatic rings. The zero-order chi connectivity index (χ0) is 23.2. The van der Waals surface area contributed by atoms with Crippen LogP contribution in [0, 0.1) is 13.8 Å². The van der Waals surface area contributed by atoms with Crippen LogP contribution in [0.25, 0.3) is 11.0 Å². The Kier molecular flexibility index (Phi) is 5.56. The topological polar surface area (TPSA) is 98.4 Å². The van der Waals surface area contributed by atoms with Crippen LogP contribution in [-0.4, -0.2) is 50.4 Å². The minimum absolute atomic E-state index is 0.0142. The Balaban J connectivity index is 2.05. The summed E-state index contributed by atoms with van der Waals surface area (Å²) < 4.78 is 22.3. The molecule has 1 aromatic heterocycles. The lowest BCUT2D eigenvalue weighted by atomic mass is 9.96. The minimum atomic E-state index is -0.778. The molecule has 168 valence electrons.